The van der Waals surface area contributed by atoms with Gasteiger partial charge in [0.15, 0.2) is 0 Å². The number of carbonyl (C=O) groups is 1. The minimum Gasteiger partial charge on any atom is -0.507 e. The first-order valence-electron chi connectivity index (χ1n) is 13.3. The average molecular weight is 503 g/mol. The van der Waals surface area contributed by atoms with Gasteiger partial charge in [0, 0.05) is 11.0 Å². The quantitative estimate of drug-likeness (QED) is 0.269. The van der Waals surface area contributed by atoms with Crippen LogP contribution in [0.1, 0.15) is 81.7 Å². The van der Waals surface area contributed by atoms with E-state index in [0.29, 0.717) is 0 Å². The van der Waals surface area contributed by atoms with Crippen LogP contribution in [0, 0.1) is 12.3 Å². The maximum Gasteiger partial charge on any atom is 0.307 e. The molecule has 0 bridgehead atoms. The Morgan fingerprint density at radius 3 is 2.00 bits per heavy atom. The second kappa shape index (κ2) is 11.5. The second-order valence-electron chi connectivity index (χ2n) is 11.4. The number of carboxylic acid groups (broad SMARTS) is 1. The van der Waals surface area contributed by atoms with Gasteiger partial charge in [-0.25, -0.2) is 0 Å². The lowest BCUT2D eigenvalue weighted by Crippen LogP contribution is -2.27. The minimum atomic E-state index is -0.860. The fourth-order valence-corrected chi connectivity index (χ4v) is 5.28. The van der Waals surface area contributed by atoms with Crippen LogP contribution in [0.3, 0.4) is 0 Å². The summed E-state index contributed by atoms with van der Waals surface area (Å²) in [6.45, 7) is 12.7. The summed E-state index contributed by atoms with van der Waals surface area (Å²) in [4.78, 5) is 11.0. The molecule has 198 valence electrons. The summed E-state index contributed by atoms with van der Waals surface area (Å²) in [7, 11) is 0. The third kappa shape index (κ3) is 6.42. The van der Waals surface area contributed by atoms with Gasteiger partial charge in [-0.15, -0.1) is 0 Å². The second-order valence-corrected chi connectivity index (χ2v) is 11.4. The van der Waals surface area contributed by atoms with Gasteiger partial charge in [-0.2, -0.15) is 0 Å². The molecule has 3 aromatic carbocycles. The van der Waals surface area contributed by atoms with E-state index in [2.05, 4.69) is 65.8 Å². The van der Waals surface area contributed by atoms with Gasteiger partial charge in [0.1, 0.15) is 5.75 Å². The number of aromatic hydroxyl groups is 1. The van der Waals surface area contributed by atoms with E-state index >= 15 is 0 Å². The fourth-order valence-electron chi connectivity index (χ4n) is 5.28. The molecule has 0 fully saturated rings. The number of carboxylic acids is 1. The number of phenols is 1. The predicted molar refractivity (Wildman–Crippen MR) is 151 cm³/mol. The van der Waals surface area contributed by atoms with Crippen LogP contribution in [0.2, 0.25) is 0 Å². The van der Waals surface area contributed by atoms with Crippen molar-refractivity contribution in [3.8, 4) is 16.9 Å². The van der Waals surface area contributed by atoms with Crippen LogP contribution >= 0.6 is 0 Å². The molecule has 0 amide bonds. The number of hydrogen-bond donors (Lipinski definition) is 3. The van der Waals surface area contributed by atoms with Crippen molar-refractivity contribution in [1.82, 2.24) is 0 Å². The molecule has 0 aliphatic heterocycles. The summed E-state index contributed by atoms with van der Waals surface area (Å²) in [5, 5.41) is 30.5. The van der Waals surface area contributed by atoms with E-state index in [4.69, 9.17) is 5.11 Å². The van der Waals surface area contributed by atoms with Crippen LogP contribution in [0.4, 0.5) is 0 Å². The van der Waals surface area contributed by atoms with Crippen molar-refractivity contribution in [2.45, 2.75) is 85.2 Å². The zero-order chi connectivity index (χ0) is 27.4. The first kappa shape index (κ1) is 28.5. The minimum absolute atomic E-state index is 0.0178. The summed E-state index contributed by atoms with van der Waals surface area (Å²) in [6.07, 6.45) is 3.02. The van der Waals surface area contributed by atoms with Crippen molar-refractivity contribution in [2.75, 3.05) is 0 Å². The van der Waals surface area contributed by atoms with Crippen molar-refractivity contribution in [3.05, 3.63) is 88.5 Å². The highest BCUT2D eigenvalue weighted by atomic mass is 16.4. The zero-order valence-corrected chi connectivity index (χ0v) is 23.1. The Bertz CT molecular complexity index is 1210. The molecule has 0 heterocycles. The normalized spacial score (nSPS) is 12.9. The number of aliphatic carboxylic acids is 1. The van der Waals surface area contributed by atoms with Gasteiger partial charge in [-0.3, -0.25) is 4.79 Å². The number of aryl methyl sites for hydroxylation is 2. The Balaban J connectivity index is 1.90. The Morgan fingerprint density at radius 2 is 1.49 bits per heavy atom. The molecular weight excluding hydrogens is 460 g/mol. The molecule has 3 rings (SSSR count). The van der Waals surface area contributed by atoms with E-state index in [1.807, 2.05) is 24.3 Å². The van der Waals surface area contributed by atoms with E-state index < -0.39 is 5.97 Å². The van der Waals surface area contributed by atoms with Gasteiger partial charge in [-0.05, 0) is 77.5 Å². The lowest BCUT2D eigenvalue weighted by atomic mass is 9.69. The first-order chi connectivity index (χ1) is 17.4. The SMILES string of the molecule is CCC(CC)(c1ccc(CCC(O)C(C)(C)C)c(C)c1)c1ccc(-c2ccc(CC(=O)O)cc2)c(O)c1. The molecule has 1 atom stereocenters. The van der Waals surface area contributed by atoms with E-state index in [0.717, 1.165) is 47.9 Å². The predicted octanol–water partition coefficient (Wildman–Crippen LogP) is 7.44. The van der Waals surface area contributed by atoms with Crippen LogP contribution in [-0.4, -0.2) is 27.4 Å². The third-order valence-electron chi connectivity index (χ3n) is 7.96. The van der Waals surface area contributed by atoms with E-state index in [9.17, 15) is 15.0 Å². The number of hydrogen-bond acceptors (Lipinski definition) is 3. The summed E-state index contributed by atoms with van der Waals surface area (Å²) in [5.74, 6) is -0.638. The highest BCUT2D eigenvalue weighted by Crippen LogP contribution is 2.42. The largest absolute Gasteiger partial charge is 0.507 e. The van der Waals surface area contributed by atoms with Crippen molar-refractivity contribution in [2.24, 2.45) is 5.41 Å². The first-order valence-corrected chi connectivity index (χ1v) is 13.3. The molecule has 4 nitrogen and oxygen atoms in total. The van der Waals surface area contributed by atoms with E-state index in [-0.39, 0.29) is 29.1 Å². The molecule has 0 saturated carbocycles. The summed E-state index contributed by atoms with van der Waals surface area (Å²) in [6, 6.07) is 20.0. The average Bonchev–Trinajstić information content (AvgIpc) is 2.84. The molecule has 0 aliphatic carbocycles. The molecule has 0 aromatic heterocycles. The highest BCUT2D eigenvalue weighted by molar-refractivity contribution is 5.73. The van der Waals surface area contributed by atoms with Gasteiger partial charge >= 0.3 is 5.97 Å². The number of aliphatic hydroxyl groups excluding tert-OH is 1. The van der Waals surface area contributed by atoms with Gasteiger partial charge in [0.2, 0.25) is 0 Å². The lowest BCUT2D eigenvalue weighted by molar-refractivity contribution is -0.136. The van der Waals surface area contributed by atoms with Gasteiger partial charge in [-0.1, -0.05) is 89.2 Å². The van der Waals surface area contributed by atoms with Crippen LogP contribution in [-0.2, 0) is 23.1 Å². The lowest BCUT2D eigenvalue weighted by Gasteiger charge is -2.34. The smallest absolute Gasteiger partial charge is 0.307 e. The molecule has 3 N–H and O–H groups in total. The Labute approximate surface area is 222 Å². The van der Waals surface area contributed by atoms with Crippen LogP contribution in [0.5, 0.6) is 5.75 Å². The molecule has 0 radical (unpaired) electrons. The molecule has 3 aromatic rings. The van der Waals surface area contributed by atoms with Crippen molar-refractivity contribution in [3.63, 3.8) is 0 Å². The molecule has 0 aliphatic rings. The maximum atomic E-state index is 11.0. The van der Waals surface area contributed by atoms with Gasteiger partial charge in [0.05, 0.1) is 12.5 Å². The van der Waals surface area contributed by atoms with Crippen LogP contribution in [0.25, 0.3) is 11.1 Å². The molecule has 1 unspecified atom stereocenters. The van der Waals surface area contributed by atoms with Crippen LogP contribution < -0.4 is 0 Å². The van der Waals surface area contributed by atoms with E-state index in [1.165, 1.54) is 16.7 Å². The molecule has 37 heavy (non-hydrogen) atoms. The Hall–Kier alpha value is -3.11. The Kier molecular flexibility index (Phi) is 8.86. The van der Waals surface area contributed by atoms with Crippen molar-refractivity contribution < 1.29 is 20.1 Å². The number of rotatable bonds is 10. The summed E-state index contributed by atoms with van der Waals surface area (Å²) < 4.78 is 0. The van der Waals surface area contributed by atoms with Crippen molar-refractivity contribution >= 4 is 5.97 Å². The fraction of sp³-hybridized carbons (Fsp3) is 0.424. The summed E-state index contributed by atoms with van der Waals surface area (Å²) in [5.41, 5.74) is 6.78. The van der Waals surface area contributed by atoms with Gasteiger partial charge < -0.3 is 15.3 Å². The third-order valence-corrected chi connectivity index (χ3v) is 7.96. The summed E-state index contributed by atoms with van der Waals surface area (Å²) >= 11 is 0. The highest BCUT2D eigenvalue weighted by Gasteiger charge is 2.32. The molecule has 0 saturated heterocycles. The monoisotopic (exact) mass is 502 g/mol. The Morgan fingerprint density at radius 1 is 0.892 bits per heavy atom. The number of phenolic OH excluding ortho intramolecular Hbond substituents is 1. The zero-order valence-electron chi connectivity index (χ0n) is 23.1. The molecular formula is C33H42O4. The topological polar surface area (TPSA) is 77.8 Å². The maximum absolute atomic E-state index is 11.0. The van der Waals surface area contributed by atoms with Crippen LogP contribution in [0.15, 0.2) is 60.7 Å². The number of benzene rings is 3. The van der Waals surface area contributed by atoms with E-state index in [1.54, 1.807) is 12.1 Å². The molecule has 0 spiro atoms. The standard InChI is InChI=1S/C33H42O4/c1-7-33(8-2,26-15-13-24(22(3)19-26)14-18-30(35)32(4,5)6)27-16-17-28(29(34)21-27)25-11-9-23(10-12-25)20-31(36)37/h9-13,15-17,19,21,30,34-35H,7-8,14,18,20H2,1-6H3,(H,36,37). The van der Waals surface area contributed by atoms with Crippen molar-refractivity contribution in [1.29, 1.82) is 0 Å². The molecule has 4 heteroatoms. The van der Waals surface area contributed by atoms with Gasteiger partial charge in [0.25, 0.3) is 0 Å². The number of aliphatic hydroxyl groups is 1.